The van der Waals surface area contributed by atoms with Gasteiger partial charge in [0, 0.05) is 12.1 Å². The second-order valence-electron chi connectivity index (χ2n) is 11.3. The lowest BCUT2D eigenvalue weighted by Crippen LogP contribution is -2.59. The third-order valence-corrected chi connectivity index (χ3v) is 7.51. The van der Waals surface area contributed by atoms with Gasteiger partial charge in [0.05, 0.1) is 10.9 Å². The van der Waals surface area contributed by atoms with Crippen molar-refractivity contribution in [2.75, 3.05) is 7.05 Å². The molecule has 2 rings (SSSR count). The van der Waals surface area contributed by atoms with Crippen LogP contribution in [0.5, 0.6) is 0 Å². The first-order chi connectivity index (χ1) is 19.6. The summed E-state index contributed by atoms with van der Waals surface area (Å²) < 4.78 is 14.4. The van der Waals surface area contributed by atoms with Crippen LogP contribution in [0.25, 0.3) is 0 Å². The first-order valence-corrected chi connectivity index (χ1v) is 14.8. The highest BCUT2D eigenvalue weighted by Crippen LogP contribution is 2.20. The van der Waals surface area contributed by atoms with E-state index < -0.39 is 69.9 Å². The fourth-order valence-electron chi connectivity index (χ4n) is 3.91. The highest BCUT2D eigenvalue weighted by atomic mass is 32.2. The lowest BCUT2D eigenvalue weighted by atomic mass is 9.85. The number of hydrogen-bond donors (Lipinski definition) is 5. The van der Waals surface area contributed by atoms with E-state index in [1.807, 2.05) is 0 Å². The smallest absolute Gasteiger partial charge is 0.289 e. The standard InChI is InChI=1S/C30H41N5O6S/c1-18(2)23(24(36)28(39)32-17-20-13-15-22(16-14-20)42(41)31-7)34-26(37)19(3)33-29(40)25(30(4,5)6)35-27(38)21-11-9-8-10-12-21/h8-16,18-19,23,25,31H,17H2,1-7H3,(H,32,39)(H,33,40)(H,34,37)(H,35,38). The number of amides is 4. The molecule has 0 spiro atoms. The van der Waals surface area contributed by atoms with E-state index >= 15 is 0 Å². The first-order valence-electron chi connectivity index (χ1n) is 13.6. The van der Waals surface area contributed by atoms with Gasteiger partial charge in [-0.3, -0.25) is 24.0 Å². The average Bonchev–Trinajstić information content (AvgIpc) is 2.96. The molecule has 0 aliphatic heterocycles. The Kier molecular flexibility index (Phi) is 12.5. The second-order valence-corrected chi connectivity index (χ2v) is 12.7. The molecule has 0 saturated heterocycles. The molecule has 0 radical (unpaired) electrons. The summed E-state index contributed by atoms with van der Waals surface area (Å²) in [6, 6.07) is 12.0. The quantitative estimate of drug-likeness (QED) is 0.220. The summed E-state index contributed by atoms with van der Waals surface area (Å²) >= 11 is 0. The molecule has 42 heavy (non-hydrogen) atoms. The molecule has 0 aliphatic carbocycles. The minimum absolute atomic E-state index is 0.0607. The summed E-state index contributed by atoms with van der Waals surface area (Å²) in [5.41, 5.74) is 0.412. The van der Waals surface area contributed by atoms with Crippen molar-refractivity contribution in [2.24, 2.45) is 11.3 Å². The fourth-order valence-corrected chi connectivity index (χ4v) is 4.53. The number of carbonyl (C=O) groups is 5. The fraction of sp³-hybridized carbons (Fsp3) is 0.433. The van der Waals surface area contributed by atoms with Gasteiger partial charge in [-0.1, -0.05) is 65.0 Å². The van der Waals surface area contributed by atoms with Crippen LogP contribution in [0.3, 0.4) is 0 Å². The summed E-state index contributed by atoms with van der Waals surface area (Å²) in [5, 5.41) is 10.5. The molecular weight excluding hydrogens is 558 g/mol. The molecule has 11 nitrogen and oxygen atoms in total. The summed E-state index contributed by atoms with van der Waals surface area (Å²) in [5.74, 6) is -3.76. The van der Waals surface area contributed by atoms with Crippen molar-refractivity contribution in [3.05, 3.63) is 65.7 Å². The molecule has 0 aliphatic rings. The molecule has 0 aromatic heterocycles. The molecule has 5 N–H and O–H groups in total. The van der Waals surface area contributed by atoms with E-state index in [4.69, 9.17) is 0 Å². The van der Waals surface area contributed by atoms with Gasteiger partial charge in [0.2, 0.25) is 17.6 Å². The van der Waals surface area contributed by atoms with E-state index in [-0.39, 0.29) is 6.54 Å². The van der Waals surface area contributed by atoms with Gasteiger partial charge in [0.25, 0.3) is 11.8 Å². The van der Waals surface area contributed by atoms with E-state index in [2.05, 4.69) is 26.0 Å². The Morgan fingerprint density at radius 1 is 0.810 bits per heavy atom. The molecule has 4 unspecified atom stereocenters. The SMILES string of the molecule is CNS(=O)c1ccc(CNC(=O)C(=O)C(NC(=O)C(C)NC(=O)C(NC(=O)c2ccccc2)C(C)(C)C)C(C)C)cc1. The molecule has 0 saturated carbocycles. The number of rotatable bonds is 13. The number of ketones is 1. The molecule has 228 valence electrons. The zero-order valence-electron chi connectivity index (χ0n) is 25.1. The summed E-state index contributed by atoms with van der Waals surface area (Å²) in [4.78, 5) is 65.1. The summed E-state index contributed by atoms with van der Waals surface area (Å²) in [7, 11) is 0.235. The molecule has 0 heterocycles. The van der Waals surface area contributed by atoms with Gasteiger partial charge in [0.15, 0.2) is 0 Å². The Morgan fingerprint density at radius 3 is 1.93 bits per heavy atom. The van der Waals surface area contributed by atoms with Crippen molar-refractivity contribution in [3.8, 4) is 0 Å². The predicted molar refractivity (Wildman–Crippen MR) is 160 cm³/mol. The van der Waals surface area contributed by atoms with Crippen molar-refractivity contribution in [3.63, 3.8) is 0 Å². The Hall–Kier alpha value is -3.90. The Bertz CT molecular complexity index is 1290. The van der Waals surface area contributed by atoms with Gasteiger partial charge < -0.3 is 21.3 Å². The van der Waals surface area contributed by atoms with Gasteiger partial charge in [-0.05, 0) is 55.1 Å². The Morgan fingerprint density at radius 2 is 1.40 bits per heavy atom. The average molecular weight is 600 g/mol. The van der Waals surface area contributed by atoms with E-state index in [1.165, 1.54) is 6.92 Å². The van der Waals surface area contributed by atoms with E-state index in [0.29, 0.717) is 16.0 Å². The monoisotopic (exact) mass is 599 g/mol. The van der Waals surface area contributed by atoms with Crippen LogP contribution in [0.4, 0.5) is 0 Å². The van der Waals surface area contributed by atoms with Crippen LogP contribution in [-0.4, -0.2) is 58.8 Å². The largest absolute Gasteiger partial charge is 0.345 e. The van der Waals surface area contributed by atoms with Crippen molar-refractivity contribution in [2.45, 2.75) is 71.1 Å². The Balaban J connectivity index is 2.01. The molecule has 4 amide bonds. The molecule has 12 heteroatoms. The zero-order valence-corrected chi connectivity index (χ0v) is 25.9. The lowest BCUT2D eigenvalue weighted by molar-refractivity contribution is -0.141. The second kappa shape index (κ2) is 15.4. The van der Waals surface area contributed by atoms with Crippen LogP contribution in [0.15, 0.2) is 59.5 Å². The Labute approximate surface area is 249 Å². The number of Topliss-reactive ketones (excluding diaryl/α,β-unsaturated/α-hetero) is 1. The van der Waals surface area contributed by atoms with Crippen LogP contribution >= 0.6 is 0 Å². The highest BCUT2D eigenvalue weighted by molar-refractivity contribution is 7.83. The van der Waals surface area contributed by atoms with Gasteiger partial charge in [0.1, 0.15) is 23.1 Å². The minimum Gasteiger partial charge on any atom is -0.345 e. The maximum absolute atomic E-state index is 13.2. The first kappa shape index (κ1) is 34.3. The van der Waals surface area contributed by atoms with Crippen LogP contribution in [-0.2, 0) is 36.7 Å². The van der Waals surface area contributed by atoms with Gasteiger partial charge in [-0.2, -0.15) is 0 Å². The zero-order chi connectivity index (χ0) is 31.6. The molecule has 2 aromatic rings. The van der Waals surface area contributed by atoms with Gasteiger partial charge in [-0.25, -0.2) is 8.93 Å². The predicted octanol–water partition coefficient (Wildman–Crippen LogP) is 1.60. The third-order valence-electron chi connectivity index (χ3n) is 6.44. The normalized spacial score (nSPS) is 14.2. The van der Waals surface area contributed by atoms with E-state index in [0.717, 1.165) is 0 Å². The summed E-state index contributed by atoms with van der Waals surface area (Å²) in [6.07, 6.45) is 0. The lowest BCUT2D eigenvalue weighted by Gasteiger charge is -2.31. The van der Waals surface area contributed by atoms with Crippen LogP contribution < -0.4 is 26.0 Å². The van der Waals surface area contributed by atoms with Gasteiger partial charge in [-0.15, -0.1) is 0 Å². The minimum atomic E-state index is -1.34. The van der Waals surface area contributed by atoms with Crippen molar-refractivity contribution in [1.29, 1.82) is 0 Å². The molecule has 4 atom stereocenters. The van der Waals surface area contributed by atoms with Crippen molar-refractivity contribution < 1.29 is 28.2 Å². The summed E-state index contributed by atoms with van der Waals surface area (Å²) in [6.45, 7) is 10.3. The van der Waals surface area contributed by atoms with Gasteiger partial charge >= 0.3 is 0 Å². The molecule has 2 aromatic carbocycles. The maximum Gasteiger partial charge on any atom is 0.289 e. The number of benzene rings is 2. The van der Waals surface area contributed by atoms with Crippen LogP contribution in [0.1, 0.15) is 57.5 Å². The van der Waals surface area contributed by atoms with E-state index in [1.54, 1.807) is 96.3 Å². The maximum atomic E-state index is 13.2. The highest BCUT2D eigenvalue weighted by Gasteiger charge is 2.35. The van der Waals surface area contributed by atoms with Crippen molar-refractivity contribution >= 4 is 40.4 Å². The molecular formula is C30H41N5O6S. The molecule has 0 fully saturated rings. The van der Waals surface area contributed by atoms with Crippen LogP contribution in [0.2, 0.25) is 0 Å². The number of hydrogen-bond acceptors (Lipinski definition) is 6. The van der Waals surface area contributed by atoms with Crippen molar-refractivity contribution in [1.82, 2.24) is 26.0 Å². The van der Waals surface area contributed by atoms with E-state index in [9.17, 15) is 28.2 Å². The third kappa shape index (κ3) is 9.88. The topological polar surface area (TPSA) is 163 Å². The number of carbonyl (C=O) groups excluding carboxylic acids is 5. The molecule has 0 bridgehead atoms. The van der Waals surface area contributed by atoms with Crippen LogP contribution in [0, 0.1) is 11.3 Å². The number of nitrogens with one attached hydrogen (secondary N) is 5.